The smallest absolute Gasteiger partial charge is 0.222 e. The Morgan fingerprint density at radius 3 is 1.02 bits per heavy atom. The fourth-order valence-electron chi connectivity index (χ4n) is 8.55. The molecule has 1 amide bonds. The molecule has 0 rings (SSSR count). The molecule has 0 aliphatic rings. The second-order valence-corrected chi connectivity index (χ2v) is 19.2. The van der Waals surface area contributed by atoms with Crippen LogP contribution in [0.15, 0.2) is 48.6 Å². The summed E-state index contributed by atoms with van der Waals surface area (Å²) in [5.41, 5.74) is 0. The second kappa shape index (κ2) is 52.9. The van der Waals surface area contributed by atoms with E-state index in [2.05, 4.69) is 55.6 Å². The molecule has 4 N–H and O–H groups in total. The van der Waals surface area contributed by atoms with Crippen molar-refractivity contribution >= 4 is 5.91 Å². The third-order valence-corrected chi connectivity index (χ3v) is 12.8. The highest BCUT2D eigenvalue weighted by Crippen LogP contribution is 2.16. The molecule has 0 saturated carbocycles. The van der Waals surface area contributed by atoms with Crippen molar-refractivity contribution in [2.24, 2.45) is 0 Å². The maximum Gasteiger partial charge on any atom is 0.222 e. The summed E-state index contributed by atoms with van der Waals surface area (Å²) in [6.07, 6.45) is 70.1. The normalized spacial score (nSPS) is 13.7. The fourth-order valence-corrected chi connectivity index (χ4v) is 8.55. The molecular formula is C58H109NO4. The Balaban J connectivity index is 3.64. The second-order valence-electron chi connectivity index (χ2n) is 19.2. The van der Waals surface area contributed by atoms with E-state index in [1.807, 2.05) is 6.08 Å². The van der Waals surface area contributed by atoms with E-state index in [1.165, 1.54) is 225 Å². The van der Waals surface area contributed by atoms with Crippen molar-refractivity contribution in [1.82, 2.24) is 5.32 Å². The molecule has 63 heavy (non-hydrogen) atoms. The molecule has 5 heteroatoms. The molecule has 0 heterocycles. The van der Waals surface area contributed by atoms with E-state index >= 15 is 0 Å². The molecule has 0 spiro atoms. The number of hydrogen-bond acceptors (Lipinski definition) is 4. The number of rotatable bonds is 51. The van der Waals surface area contributed by atoms with E-state index in [4.69, 9.17) is 0 Å². The van der Waals surface area contributed by atoms with Crippen LogP contribution in [0.3, 0.4) is 0 Å². The summed E-state index contributed by atoms with van der Waals surface area (Å²) in [4.78, 5) is 12.5. The van der Waals surface area contributed by atoms with Crippen LogP contribution in [-0.2, 0) is 4.79 Å². The average molecular weight is 885 g/mol. The topological polar surface area (TPSA) is 89.8 Å². The summed E-state index contributed by atoms with van der Waals surface area (Å²) < 4.78 is 0. The maximum atomic E-state index is 12.5. The lowest BCUT2D eigenvalue weighted by Gasteiger charge is -2.21. The molecule has 0 aliphatic heterocycles. The summed E-state index contributed by atoms with van der Waals surface area (Å²) in [5, 5.41) is 33.4. The molecule has 0 fully saturated rings. The summed E-state index contributed by atoms with van der Waals surface area (Å²) in [5.74, 6) is -0.328. The lowest BCUT2D eigenvalue weighted by Crippen LogP contribution is -2.45. The highest BCUT2D eigenvalue weighted by Gasteiger charge is 2.20. The van der Waals surface area contributed by atoms with Crippen molar-refractivity contribution in [3.63, 3.8) is 0 Å². The number of aliphatic hydroxyl groups is 3. The molecule has 370 valence electrons. The van der Waals surface area contributed by atoms with Gasteiger partial charge in [0.2, 0.25) is 5.91 Å². The van der Waals surface area contributed by atoms with Crippen LogP contribution in [0.1, 0.15) is 290 Å². The van der Waals surface area contributed by atoms with Crippen LogP contribution in [0.2, 0.25) is 0 Å². The standard InChI is InChI=1S/C58H109NO4/c1-3-5-7-9-11-13-15-17-19-21-23-25-27-28-30-31-33-35-37-39-41-43-45-47-49-51-55(61)53-58(63)59-56(54-60)57(62)52-50-48-46-44-42-40-38-36-34-32-29-26-24-22-20-18-16-14-12-10-8-6-4-2/h28,30,34,36,42,44,50,52,55-57,60-62H,3-27,29,31-33,35,37-41,43,45-49,51,53-54H2,1-2H3,(H,59,63)/b30-28-,36-34+,44-42+,52-50+. The minimum Gasteiger partial charge on any atom is -0.394 e. The van der Waals surface area contributed by atoms with Gasteiger partial charge in [0, 0.05) is 0 Å². The van der Waals surface area contributed by atoms with Gasteiger partial charge in [-0.25, -0.2) is 0 Å². The molecule has 0 bridgehead atoms. The fraction of sp³-hybridized carbons (Fsp3) is 0.845. The zero-order valence-corrected chi connectivity index (χ0v) is 42.2. The zero-order valence-electron chi connectivity index (χ0n) is 42.2. The highest BCUT2D eigenvalue weighted by molar-refractivity contribution is 5.76. The first kappa shape index (κ1) is 61.3. The van der Waals surface area contributed by atoms with E-state index in [0.717, 1.165) is 38.5 Å². The van der Waals surface area contributed by atoms with E-state index in [0.29, 0.717) is 6.42 Å². The first-order chi connectivity index (χ1) is 31.0. The molecule has 0 aromatic rings. The molecule has 0 radical (unpaired) electrons. The van der Waals surface area contributed by atoms with Crippen LogP contribution in [-0.4, -0.2) is 46.1 Å². The third-order valence-electron chi connectivity index (χ3n) is 12.8. The summed E-state index contributed by atoms with van der Waals surface area (Å²) >= 11 is 0. The number of allylic oxidation sites excluding steroid dienone is 7. The van der Waals surface area contributed by atoms with Gasteiger partial charge in [-0.15, -0.1) is 0 Å². The van der Waals surface area contributed by atoms with Crippen molar-refractivity contribution in [3.05, 3.63) is 48.6 Å². The highest BCUT2D eigenvalue weighted by atomic mass is 16.3. The summed E-state index contributed by atoms with van der Waals surface area (Å²) in [6.45, 7) is 4.23. The SMILES string of the molecule is CCCCCCCCCCCCCC/C=C\CCCCCCCCCCCC(O)CC(=O)NC(CO)C(O)/C=C/CC/C=C/CC/C=C/CCCCCCCCCCCCCCC. The number of carbonyl (C=O) groups is 1. The molecule has 3 unspecified atom stereocenters. The number of aliphatic hydroxyl groups excluding tert-OH is 3. The molecule has 0 aromatic heterocycles. The molecule has 3 atom stereocenters. The Hall–Kier alpha value is -1.69. The van der Waals surface area contributed by atoms with Crippen LogP contribution < -0.4 is 5.32 Å². The van der Waals surface area contributed by atoms with Gasteiger partial charge in [0.25, 0.3) is 0 Å². The van der Waals surface area contributed by atoms with Crippen molar-refractivity contribution in [2.75, 3.05) is 6.61 Å². The first-order valence-corrected chi connectivity index (χ1v) is 27.9. The minimum absolute atomic E-state index is 0.000939. The van der Waals surface area contributed by atoms with Crippen LogP contribution in [0.25, 0.3) is 0 Å². The van der Waals surface area contributed by atoms with E-state index in [1.54, 1.807) is 6.08 Å². The predicted molar refractivity (Wildman–Crippen MR) is 277 cm³/mol. The van der Waals surface area contributed by atoms with E-state index < -0.39 is 18.2 Å². The lowest BCUT2D eigenvalue weighted by atomic mass is 10.0. The molecule has 0 saturated heterocycles. The Kier molecular flexibility index (Phi) is 51.5. The van der Waals surface area contributed by atoms with Gasteiger partial charge in [0.05, 0.1) is 31.3 Å². The number of amides is 1. The zero-order chi connectivity index (χ0) is 45.8. The Labute approximate surface area is 393 Å². The Morgan fingerprint density at radius 1 is 0.397 bits per heavy atom. The van der Waals surface area contributed by atoms with Crippen molar-refractivity contribution in [1.29, 1.82) is 0 Å². The largest absolute Gasteiger partial charge is 0.394 e. The van der Waals surface area contributed by atoms with E-state index in [9.17, 15) is 20.1 Å². The number of hydrogen-bond donors (Lipinski definition) is 4. The van der Waals surface area contributed by atoms with Crippen molar-refractivity contribution in [3.8, 4) is 0 Å². The Morgan fingerprint density at radius 2 is 0.683 bits per heavy atom. The number of nitrogens with one attached hydrogen (secondary N) is 1. The van der Waals surface area contributed by atoms with Gasteiger partial charge in [-0.1, -0.05) is 262 Å². The monoisotopic (exact) mass is 884 g/mol. The van der Waals surface area contributed by atoms with Gasteiger partial charge >= 0.3 is 0 Å². The van der Waals surface area contributed by atoms with Gasteiger partial charge in [-0.2, -0.15) is 0 Å². The summed E-state index contributed by atoms with van der Waals surface area (Å²) in [6, 6.07) is -0.770. The third kappa shape index (κ3) is 49.6. The van der Waals surface area contributed by atoms with Crippen LogP contribution in [0.5, 0.6) is 0 Å². The van der Waals surface area contributed by atoms with Crippen LogP contribution >= 0.6 is 0 Å². The van der Waals surface area contributed by atoms with Gasteiger partial charge in [-0.3, -0.25) is 4.79 Å². The van der Waals surface area contributed by atoms with Gasteiger partial charge in [-0.05, 0) is 70.6 Å². The van der Waals surface area contributed by atoms with Gasteiger partial charge in [0.15, 0.2) is 0 Å². The van der Waals surface area contributed by atoms with Crippen molar-refractivity contribution < 1.29 is 20.1 Å². The lowest BCUT2D eigenvalue weighted by molar-refractivity contribution is -0.124. The number of unbranched alkanes of at least 4 members (excludes halogenated alkanes) is 36. The molecule has 5 nitrogen and oxygen atoms in total. The van der Waals surface area contributed by atoms with Gasteiger partial charge < -0.3 is 20.6 Å². The molecule has 0 aliphatic carbocycles. The van der Waals surface area contributed by atoms with Crippen LogP contribution in [0, 0.1) is 0 Å². The predicted octanol–water partition coefficient (Wildman–Crippen LogP) is 17.2. The minimum atomic E-state index is -0.962. The quantitative estimate of drug-likeness (QED) is 0.0362. The van der Waals surface area contributed by atoms with Crippen LogP contribution in [0.4, 0.5) is 0 Å². The Bertz CT molecular complexity index is 1020. The maximum absolute atomic E-state index is 12.5. The number of carbonyl (C=O) groups excluding carboxylic acids is 1. The molecule has 0 aromatic carbocycles. The van der Waals surface area contributed by atoms with Crippen molar-refractivity contribution in [2.45, 2.75) is 308 Å². The average Bonchev–Trinajstić information content (AvgIpc) is 3.28. The van der Waals surface area contributed by atoms with E-state index in [-0.39, 0.29) is 18.9 Å². The summed E-state index contributed by atoms with van der Waals surface area (Å²) in [7, 11) is 0. The molecular weight excluding hydrogens is 775 g/mol. The van der Waals surface area contributed by atoms with Gasteiger partial charge in [0.1, 0.15) is 0 Å². The first-order valence-electron chi connectivity index (χ1n) is 27.9.